The lowest BCUT2D eigenvalue weighted by atomic mass is 10.1. The van der Waals surface area contributed by atoms with Gasteiger partial charge in [0.15, 0.2) is 0 Å². The van der Waals surface area contributed by atoms with Gasteiger partial charge in [0, 0.05) is 11.7 Å². The molecule has 5 heteroatoms. The Kier molecular flexibility index (Phi) is 6.00. The molecule has 4 N–H and O–H groups in total. The Morgan fingerprint density at radius 2 is 2.00 bits per heavy atom. The molecular weight excluding hydrogens is 292 g/mol. The van der Waals surface area contributed by atoms with Crippen molar-refractivity contribution in [2.24, 2.45) is 5.73 Å². The van der Waals surface area contributed by atoms with Crippen molar-refractivity contribution >= 4 is 11.6 Å². The Balaban J connectivity index is 1.93. The van der Waals surface area contributed by atoms with Gasteiger partial charge in [-0.15, -0.1) is 0 Å². The van der Waals surface area contributed by atoms with Crippen molar-refractivity contribution in [1.29, 1.82) is 0 Å². The fourth-order valence-corrected chi connectivity index (χ4v) is 2.21. The van der Waals surface area contributed by atoms with E-state index in [-0.39, 0.29) is 31.6 Å². The van der Waals surface area contributed by atoms with Crippen LogP contribution < -0.4 is 15.8 Å². The largest absolute Gasteiger partial charge is 0.493 e. The fraction of sp³-hybridized carbons (Fsp3) is 0.278. The van der Waals surface area contributed by atoms with Crippen molar-refractivity contribution in [1.82, 2.24) is 0 Å². The lowest BCUT2D eigenvalue weighted by Gasteiger charge is -2.17. The van der Waals surface area contributed by atoms with Crippen molar-refractivity contribution in [2.75, 3.05) is 11.9 Å². The molecule has 0 heterocycles. The van der Waals surface area contributed by atoms with Gasteiger partial charge in [-0.1, -0.05) is 24.3 Å². The maximum absolute atomic E-state index is 10.7. The summed E-state index contributed by atoms with van der Waals surface area (Å²) in [6, 6.07) is 15.5. The summed E-state index contributed by atoms with van der Waals surface area (Å²) in [6.45, 7) is 2.39. The molecule has 0 aliphatic carbocycles. The first-order valence-corrected chi connectivity index (χ1v) is 7.56. The molecule has 2 aromatic carbocycles. The van der Waals surface area contributed by atoms with Crippen LogP contribution in [-0.2, 0) is 11.4 Å². The van der Waals surface area contributed by atoms with E-state index in [2.05, 4.69) is 12.2 Å². The highest BCUT2D eigenvalue weighted by molar-refractivity contribution is 5.73. The summed E-state index contributed by atoms with van der Waals surface area (Å²) < 4.78 is 5.44. The second-order valence-corrected chi connectivity index (χ2v) is 5.36. The van der Waals surface area contributed by atoms with E-state index in [1.54, 1.807) is 0 Å². The lowest BCUT2D eigenvalue weighted by molar-refractivity contribution is -0.118. The normalized spacial score (nSPS) is 11.7. The van der Waals surface area contributed by atoms with E-state index in [0.717, 1.165) is 16.8 Å². The number of hydrogen-bond donors (Lipinski definition) is 3. The van der Waals surface area contributed by atoms with Crippen LogP contribution in [0.3, 0.4) is 0 Å². The van der Waals surface area contributed by atoms with Gasteiger partial charge >= 0.3 is 0 Å². The van der Waals surface area contributed by atoms with E-state index in [4.69, 9.17) is 10.5 Å². The fourth-order valence-electron chi connectivity index (χ4n) is 2.21. The summed E-state index contributed by atoms with van der Waals surface area (Å²) in [4.78, 5) is 10.7. The Labute approximate surface area is 136 Å². The van der Waals surface area contributed by atoms with Crippen LogP contribution in [-0.4, -0.2) is 17.6 Å². The van der Waals surface area contributed by atoms with Gasteiger partial charge in [0.2, 0.25) is 5.91 Å². The minimum atomic E-state index is -0.373. The minimum absolute atomic E-state index is 0.0396. The number of carbonyl (C=O) groups excluding carboxylic acids is 1. The number of benzene rings is 2. The predicted molar refractivity (Wildman–Crippen MR) is 90.2 cm³/mol. The first-order chi connectivity index (χ1) is 11.1. The number of amides is 1. The molecule has 0 aliphatic rings. The molecule has 0 radical (unpaired) electrons. The standard InChI is InChI=1S/C18H22N2O3/c1-13(15-4-2-3-14(11-15)12-21)20-16-5-7-17(8-6-16)23-10-9-18(19)22/h2-8,11,13,20-21H,9-10,12H2,1H3,(H2,19,22). The van der Waals surface area contributed by atoms with Gasteiger partial charge in [-0.25, -0.2) is 0 Å². The number of anilines is 1. The van der Waals surface area contributed by atoms with Crippen molar-refractivity contribution in [2.45, 2.75) is 26.0 Å². The van der Waals surface area contributed by atoms with Crippen LogP contribution in [0.1, 0.15) is 30.5 Å². The molecule has 0 fully saturated rings. The summed E-state index contributed by atoms with van der Waals surface area (Å²) in [5.41, 5.74) is 8.04. The van der Waals surface area contributed by atoms with Crippen LogP contribution in [0.5, 0.6) is 5.75 Å². The van der Waals surface area contributed by atoms with E-state index in [1.807, 2.05) is 48.5 Å². The Morgan fingerprint density at radius 1 is 1.26 bits per heavy atom. The molecule has 0 aliphatic heterocycles. The Morgan fingerprint density at radius 3 is 2.65 bits per heavy atom. The van der Waals surface area contributed by atoms with E-state index < -0.39 is 0 Å². The number of aliphatic hydroxyl groups is 1. The molecule has 0 spiro atoms. The van der Waals surface area contributed by atoms with Crippen LogP contribution in [0.2, 0.25) is 0 Å². The number of hydrogen-bond acceptors (Lipinski definition) is 4. The molecule has 0 saturated heterocycles. The number of rotatable bonds is 8. The number of ether oxygens (including phenoxy) is 1. The molecule has 122 valence electrons. The minimum Gasteiger partial charge on any atom is -0.493 e. The highest BCUT2D eigenvalue weighted by atomic mass is 16.5. The summed E-state index contributed by atoms with van der Waals surface area (Å²) in [5, 5.41) is 12.6. The average Bonchev–Trinajstić information content (AvgIpc) is 2.56. The maximum Gasteiger partial charge on any atom is 0.220 e. The topological polar surface area (TPSA) is 84.6 Å². The third-order valence-electron chi connectivity index (χ3n) is 3.49. The summed E-state index contributed by atoms with van der Waals surface area (Å²) >= 11 is 0. The van der Waals surface area contributed by atoms with Crippen LogP contribution >= 0.6 is 0 Å². The zero-order valence-corrected chi connectivity index (χ0v) is 13.2. The average molecular weight is 314 g/mol. The van der Waals surface area contributed by atoms with Crippen molar-refractivity contribution in [3.63, 3.8) is 0 Å². The van der Waals surface area contributed by atoms with Gasteiger partial charge in [-0.05, 0) is 42.3 Å². The molecule has 1 atom stereocenters. The summed E-state index contributed by atoms with van der Waals surface area (Å²) in [5.74, 6) is 0.328. The first kappa shape index (κ1) is 16.8. The Hall–Kier alpha value is -2.53. The molecule has 0 aromatic heterocycles. The number of carbonyl (C=O) groups is 1. The molecular formula is C18H22N2O3. The highest BCUT2D eigenvalue weighted by Crippen LogP contribution is 2.22. The van der Waals surface area contributed by atoms with Crippen LogP contribution in [0.15, 0.2) is 48.5 Å². The molecule has 0 saturated carbocycles. The van der Waals surface area contributed by atoms with Crippen molar-refractivity contribution in [3.05, 3.63) is 59.7 Å². The van der Waals surface area contributed by atoms with E-state index >= 15 is 0 Å². The summed E-state index contributed by atoms with van der Waals surface area (Å²) in [7, 11) is 0. The Bertz CT molecular complexity index is 641. The quantitative estimate of drug-likeness (QED) is 0.699. The number of nitrogens with two attached hydrogens (primary N) is 1. The van der Waals surface area contributed by atoms with Gasteiger partial charge < -0.3 is 20.9 Å². The van der Waals surface area contributed by atoms with Gasteiger partial charge in [0.05, 0.1) is 19.6 Å². The molecule has 5 nitrogen and oxygen atoms in total. The molecule has 23 heavy (non-hydrogen) atoms. The molecule has 1 amide bonds. The van der Waals surface area contributed by atoms with Gasteiger partial charge in [-0.3, -0.25) is 4.79 Å². The first-order valence-electron chi connectivity index (χ1n) is 7.56. The van der Waals surface area contributed by atoms with Crippen LogP contribution in [0.4, 0.5) is 5.69 Å². The van der Waals surface area contributed by atoms with Crippen LogP contribution in [0.25, 0.3) is 0 Å². The molecule has 1 unspecified atom stereocenters. The summed E-state index contributed by atoms with van der Waals surface area (Å²) in [6.07, 6.45) is 0.207. The third kappa shape index (κ3) is 5.30. The monoisotopic (exact) mass is 314 g/mol. The zero-order valence-electron chi connectivity index (χ0n) is 13.2. The smallest absolute Gasteiger partial charge is 0.220 e. The molecule has 0 bridgehead atoms. The van der Waals surface area contributed by atoms with Gasteiger partial charge in [0.1, 0.15) is 5.75 Å². The van der Waals surface area contributed by atoms with Crippen molar-refractivity contribution < 1.29 is 14.6 Å². The van der Waals surface area contributed by atoms with E-state index in [1.165, 1.54) is 0 Å². The number of nitrogens with one attached hydrogen (secondary N) is 1. The number of primary amides is 1. The zero-order chi connectivity index (χ0) is 16.7. The highest BCUT2D eigenvalue weighted by Gasteiger charge is 2.06. The molecule has 2 aromatic rings. The molecule has 2 rings (SSSR count). The van der Waals surface area contributed by atoms with E-state index in [9.17, 15) is 9.90 Å². The number of aliphatic hydroxyl groups excluding tert-OH is 1. The third-order valence-corrected chi connectivity index (χ3v) is 3.49. The van der Waals surface area contributed by atoms with Crippen LogP contribution in [0, 0.1) is 0 Å². The maximum atomic E-state index is 10.7. The van der Waals surface area contributed by atoms with E-state index in [0.29, 0.717) is 5.75 Å². The van der Waals surface area contributed by atoms with Gasteiger partial charge in [-0.2, -0.15) is 0 Å². The van der Waals surface area contributed by atoms with Gasteiger partial charge in [0.25, 0.3) is 0 Å². The SMILES string of the molecule is CC(Nc1ccc(OCCC(N)=O)cc1)c1cccc(CO)c1. The predicted octanol–water partition coefficient (Wildman–Crippen LogP) is 2.61. The lowest BCUT2D eigenvalue weighted by Crippen LogP contribution is -2.14. The second kappa shape index (κ2) is 8.19. The second-order valence-electron chi connectivity index (χ2n) is 5.36. The van der Waals surface area contributed by atoms with Crippen molar-refractivity contribution in [3.8, 4) is 5.75 Å².